The van der Waals surface area contributed by atoms with Crippen molar-refractivity contribution in [1.82, 2.24) is 10.2 Å². The summed E-state index contributed by atoms with van der Waals surface area (Å²) in [6, 6.07) is 5.65. The molecule has 0 aliphatic carbocycles. The third-order valence-electron chi connectivity index (χ3n) is 4.31. The van der Waals surface area contributed by atoms with Gasteiger partial charge in [0.25, 0.3) is 0 Å². The number of nitrogens with one attached hydrogen (secondary N) is 2. The number of benzene rings is 1. The number of para-hydroxylation sites is 1. The SMILES string of the molecule is CC(C)N1CC[C@H](NC(=O)C(=O)Nc2cccc3c2OCCO3)C1. The number of hydrogen-bond acceptors (Lipinski definition) is 5. The molecule has 0 radical (unpaired) electrons. The Hall–Kier alpha value is -2.28. The molecule has 0 unspecified atom stereocenters. The lowest BCUT2D eigenvalue weighted by molar-refractivity contribution is -0.136. The highest BCUT2D eigenvalue weighted by Crippen LogP contribution is 2.37. The van der Waals surface area contributed by atoms with Gasteiger partial charge in [0.05, 0.1) is 5.69 Å². The Morgan fingerprint density at radius 3 is 2.75 bits per heavy atom. The van der Waals surface area contributed by atoms with Gasteiger partial charge in [0.15, 0.2) is 11.5 Å². The van der Waals surface area contributed by atoms with E-state index in [1.165, 1.54) is 0 Å². The first-order valence-electron chi connectivity index (χ1n) is 8.29. The van der Waals surface area contributed by atoms with E-state index >= 15 is 0 Å². The van der Waals surface area contributed by atoms with E-state index in [9.17, 15) is 9.59 Å². The second-order valence-corrected chi connectivity index (χ2v) is 6.33. The summed E-state index contributed by atoms with van der Waals surface area (Å²) in [4.78, 5) is 26.6. The summed E-state index contributed by atoms with van der Waals surface area (Å²) in [6.45, 7) is 6.84. The molecule has 0 bridgehead atoms. The van der Waals surface area contributed by atoms with Crippen molar-refractivity contribution < 1.29 is 19.1 Å². The highest BCUT2D eigenvalue weighted by molar-refractivity contribution is 6.39. The lowest BCUT2D eigenvalue weighted by Gasteiger charge is -2.21. The van der Waals surface area contributed by atoms with Crippen LogP contribution in [0.3, 0.4) is 0 Å². The monoisotopic (exact) mass is 333 g/mol. The van der Waals surface area contributed by atoms with Crippen molar-refractivity contribution in [3.8, 4) is 11.5 Å². The van der Waals surface area contributed by atoms with Crippen LogP contribution < -0.4 is 20.1 Å². The third-order valence-corrected chi connectivity index (χ3v) is 4.31. The van der Waals surface area contributed by atoms with Crippen LogP contribution in [0.5, 0.6) is 11.5 Å². The van der Waals surface area contributed by atoms with E-state index in [1.54, 1.807) is 18.2 Å². The number of likely N-dealkylation sites (tertiary alicyclic amines) is 1. The number of carbonyl (C=O) groups excluding carboxylic acids is 2. The molecule has 2 amide bonds. The van der Waals surface area contributed by atoms with E-state index < -0.39 is 11.8 Å². The minimum Gasteiger partial charge on any atom is -0.486 e. The zero-order valence-electron chi connectivity index (χ0n) is 14.0. The first-order chi connectivity index (χ1) is 11.5. The van der Waals surface area contributed by atoms with Crippen LogP contribution in [-0.2, 0) is 9.59 Å². The fourth-order valence-corrected chi connectivity index (χ4v) is 2.98. The quantitative estimate of drug-likeness (QED) is 0.807. The molecule has 7 heteroatoms. The van der Waals surface area contributed by atoms with Crippen molar-refractivity contribution in [2.45, 2.75) is 32.4 Å². The van der Waals surface area contributed by atoms with Gasteiger partial charge in [0.2, 0.25) is 0 Å². The number of carbonyl (C=O) groups is 2. The molecule has 1 aromatic carbocycles. The number of nitrogens with zero attached hydrogens (tertiary/aromatic N) is 1. The van der Waals surface area contributed by atoms with Gasteiger partial charge >= 0.3 is 11.8 Å². The van der Waals surface area contributed by atoms with Crippen molar-refractivity contribution in [3.05, 3.63) is 18.2 Å². The zero-order valence-corrected chi connectivity index (χ0v) is 14.0. The molecule has 2 aliphatic heterocycles. The van der Waals surface area contributed by atoms with Crippen LogP contribution in [0.25, 0.3) is 0 Å². The second-order valence-electron chi connectivity index (χ2n) is 6.33. The van der Waals surface area contributed by atoms with Gasteiger partial charge in [-0.05, 0) is 32.4 Å². The first-order valence-corrected chi connectivity index (χ1v) is 8.29. The van der Waals surface area contributed by atoms with E-state index in [0.717, 1.165) is 19.5 Å². The molecular weight excluding hydrogens is 310 g/mol. The van der Waals surface area contributed by atoms with E-state index in [1.807, 2.05) is 0 Å². The van der Waals surface area contributed by atoms with Crippen LogP contribution >= 0.6 is 0 Å². The summed E-state index contributed by atoms with van der Waals surface area (Å²) >= 11 is 0. The first kappa shape index (κ1) is 16.6. The van der Waals surface area contributed by atoms with Crippen LogP contribution in [0, 0.1) is 0 Å². The lowest BCUT2D eigenvalue weighted by atomic mass is 10.2. The summed E-state index contributed by atoms with van der Waals surface area (Å²) in [6.07, 6.45) is 0.856. The zero-order chi connectivity index (χ0) is 17.1. The molecule has 1 aromatic rings. The maximum atomic E-state index is 12.2. The topological polar surface area (TPSA) is 79.9 Å². The maximum absolute atomic E-state index is 12.2. The van der Waals surface area contributed by atoms with E-state index in [4.69, 9.17) is 9.47 Å². The molecule has 1 saturated heterocycles. The van der Waals surface area contributed by atoms with Crippen LogP contribution in [0.15, 0.2) is 18.2 Å². The van der Waals surface area contributed by atoms with Gasteiger partial charge in [0.1, 0.15) is 13.2 Å². The van der Waals surface area contributed by atoms with E-state index in [2.05, 4.69) is 29.4 Å². The molecule has 0 saturated carbocycles. The van der Waals surface area contributed by atoms with E-state index in [-0.39, 0.29) is 6.04 Å². The number of fused-ring (bicyclic) bond motifs is 1. The highest BCUT2D eigenvalue weighted by Gasteiger charge is 2.28. The average Bonchev–Trinajstić information content (AvgIpc) is 3.04. The Morgan fingerprint density at radius 2 is 2.00 bits per heavy atom. The van der Waals surface area contributed by atoms with Crippen molar-refractivity contribution >= 4 is 17.5 Å². The largest absolute Gasteiger partial charge is 0.486 e. The molecule has 3 rings (SSSR count). The van der Waals surface area contributed by atoms with Gasteiger partial charge in [-0.15, -0.1) is 0 Å². The number of ether oxygens (including phenoxy) is 2. The Morgan fingerprint density at radius 1 is 1.21 bits per heavy atom. The van der Waals surface area contributed by atoms with Crippen LogP contribution in [0.1, 0.15) is 20.3 Å². The number of amides is 2. The van der Waals surface area contributed by atoms with Crippen LogP contribution in [0.4, 0.5) is 5.69 Å². The highest BCUT2D eigenvalue weighted by atomic mass is 16.6. The smallest absolute Gasteiger partial charge is 0.313 e. The van der Waals surface area contributed by atoms with Gasteiger partial charge in [-0.2, -0.15) is 0 Å². The summed E-state index contributed by atoms with van der Waals surface area (Å²) < 4.78 is 11.0. The number of rotatable bonds is 3. The molecule has 2 N–H and O–H groups in total. The Kier molecular flexibility index (Phi) is 4.89. The number of anilines is 1. The molecule has 1 fully saturated rings. The van der Waals surface area contributed by atoms with Crippen molar-refractivity contribution in [2.24, 2.45) is 0 Å². The van der Waals surface area contributed by atoms with Crippen LogP contribution in [0.2, 0.25) is 0 Å². The van der Waals surface area contributed by atoms with Gasteiger partial charge in [-0.25, -0.2) is 0 Å². The third kappa shape index (κ3) is 3.62. The van der Waals surface area contributed by atoms with Gasteiger partial charge in [0, 0.05) is 25.2 Å². The second kappa shape index (κ2) is 7.09. The fourth-order valence-electron chi connectivity index (χ4n) is 2.98. The minimum atomic E-state index is -0.694. The van der Waals surface area contributed by atoms with Gasteiger partial charge in [-0.3, -0.25) is 14.5 Å². The summed E-state index contributed by atoms with van der Waals surface area (Å²) in [5.74, 6) is -0.278. The van der Waals surface area contributed by atoms with Crippen molar-refractivity contribution in [1.29, 1.82) is 0 Å². The standard InChI is InChI=1S/C17H23N3O4/c1-11(2)20-7-6-12(10-20)18-16(21)17(22)19-13-4-3-5-14-15(13)24-9-8-23-14/h3-5,11-12H,6-10H2,1-2H3,(H,18,21)(H,19,22)/t12-/m0/s1. The Labute approximate surface area is 141 Å². The van der Waals surface area contributed by atoms with Crippen LogP contribution in [-0.4, -0.2) is 55.1 Å². The molecule has 130 valence electrons. The normalized spacial score (nSPS) is 20.0. The molecule has 24 heavy (non-hydrogen) atoms. The minimum absolute atomic E-state index is 0.00919. The molecule has 1 atom stereocenters. The fraction of sp³-hybridized carbons (Fsp3) is 0.529. The van der Waals surface area contributed by atoms with E-state index in [0.29, 0.717) is 36.4 Å². The summed E-state index contributed by atoms with van der Waals surface area (Å²) in [5, 5.41) is 5.41. The molecule has 2 heterocycles. The van der Waals surface area contributed by atoms with Gasteiger partial charge < -0.3 is 20.1 Å². The van der Waals surface area contributed by atoms with Crippen molar-refractivity contribution in [3.63, 3.8) is 0 Å². The Bertz CT molecular complexity index is 632. The Balaban J connectivity index is 1.58. The predicted octanol–water partition coefficient (Wildman–Crippen LogP) is 0.995. The van der Waals surface area contributed by atoms with Gasteiger partial charge in [-0.1, -0.05) is 6.07 Å². The predicted molar refractivity (Wildman–Crippen MR) is 89.3 cm³/mol. The molecule has 7 nitrogen and oxygen atoms in total. The molecule has 2 aliphatic rings. The maximum Gasteiger partial charge on any atom is 0.313 e. The average molecular weight is 333 g/mol. The number of hydrogen-bond donors (Lipinski definition) is 2. The molecule has 0 spiro atoms. The summed E-state index contributed by atoms with van der Waals surface area (Å²) in [5.41, 5.74) is 0.447. The lowest BCUT2D eigenvalue weighted by Crippen LogP contribution is -2.43. The summed E-state index contributed by atoms with van der Waals surface area (Å²) in [7, 11) is 0. The van der Waals surface area contributed by atoms with Crippen molar-refractivity contribution in [2.75, 3.05) is 31.6 Å². The molecular formula is C17H23N3O4. The molecule has 0 aromatic heterocycles.